The summed E-state index contributed by atoms with van der Waals surface area (Å²) in [6, 6.07) is 7.20. The lowest BCUT2D eigenvalue weighted by Crippen LogP contribution is -2.18. The third-order valence-electron chi connectivity index (χ3n) is 3.36. The Morgan fingerprint density at radius 2 is 1.95 bits per heavy atom. The van der Waals surface area contributed by atoms with Crippen molar-refractivity contribution in [3.05, 3.63) is 40.7 Å². The second-order valence-electron chi connectivity index (χ2n) is 5.19. The summed E-state index contributed by atoms with van der Waals surface area (Å²) < 4.78 is 1.68. The second kappa shape index (κ2) is 8.23. The van der Waals surface area contributed by atoms with Crippen LogP contribution in [0.3, 0.4) is 0 Å². The third kappa shape index (κ3) is 5.06. The summed E-state index contributed by atoms with van der Waals surface area (Å²) in [6.45, 7) is 0.530. The largest absolute Gasteiger partial charge is 0.451 e. The summed E-state index contributed by atoms with van der Waals surface area (Å²) in [5.74, 6) is 0.625. The fourth-order valence-corrected chi connectivity index (χ4v) is 2.30. The van der Waals surface area contributed by atoms with E-state index in [4.69, 9.17) is 27.4 Å². The van der Waals surface area contributed by atoms with Gasteiger partial charge in [-0.05, 0) is 40.9 Å². The molecule has 7 nitrogen and oxygen atoms in total. The second-order valence-corrected chi connectivity index (χ2v) is 5.63. The molecule has 1 atom stereocenters. The fraction of sp³-hybridized carbons (Fsp3) is 0.462. The van der Waals surface area contributed by atoms with E-state index in [2.05, 4.69) is 15.5 Å². The van der Waals surface area contributed by atoms with Crippen LogP contribution < -0.4 is 5.73 Å². The van der Waals surface area contributed by atoms with Crippen molar-refractivity contribution in [1.82, 2.24) is 20.2 Å². The van der Waals surface area contributed by atoms with Gasteiger partial charge in [-0.3, -0.25) is 0 Å². The molecule has 1 unspecified atom stereocenters. The number of unbranched alkanes of at least 4 members (excludes halogenated alkanes) is 1. The van der Waals surface area contributed by atoms with Crippen LogP contribution in [0.2, 0.25) is 11.3 Å². The standard InChI is InChI=1S/C13H19BClN5O2/c15-11-6-4-10(5-7-11)9-20-13(17-18-19-20)12(16)3-1-2-8-14(21)22/h4-7,12,21-22H,1-3,8-9,16H2. The molecule has 0 saturated heterocycles. The average Bonchev–Trinajstić information content (AvgIpc) is 2.94. The maximum atomic E-state index is 8.81. The number of hydrogen-bond acceptors (Lipinski definition) is 6. The summed E-state index contributed by atoms with van der Waals surface area (Å²) in [6.07, 6.45) is 2.52. The number of nitrogens with two attached hydrogens (primary N) is 1. The van der Waals surface area contributed by atoms with Gasteiger partial charge in [-0.25, -0.2) is 4.68 Å². The molecular formula is C13H19BClN5O2. The van der Waals surface area contributed by atoms with E-state index in [-0.39, 0.29) is 6.04 Å². The Morgan fingerprint density at radius 3 is 2.64 bits per heavy atom. The number of nitrogens with zero attached hydrogens (tertiary/aromatic N) is 4. The molecule has 22 heavy (non-hydrogen) atoms. The molecule has 0 amide bonds. The molecule has 0 aliphatic heterocycles. The minimum atomic E-state index is -1.26. The van der Waals surface area contributed by atoms with Gasteiger partial charge in [0.05, 0.1) is 12.6 Å². The van der Waals surface area contributed by atoms with Gasteiger partial charge in [-0.15, -0.1) is 5.10 Å². The zero-order valence-electron chi connectivity index (χ0n) is 12.1. The van der Waals surface area contributed by atoms with Crippen LogP contribution in [0.1, 0.15) is 36.7 Å². The molecule has 9 heteroatoms. The molecule has 0 fully saturated rings. The first kappa shape index (κ1) is 16.9. The molecule has 0 bridgehead atoms. The number of benzene rings is 1. The van der Waals surface area contributed by atoms with Gasteiger partial charge >= 0.3 is 7.12 Å². The first-order valence-corrected chi connectivity index (χ1v) is 7.56. The van der Waals surface area contributed by atoms with Crippen LogP contribution >= 0.6 is 11.6 Å². The van der Waals surface area contributed by atoms with Crippen molar-refractivity contribution < 1.29 is 10.0 Å². The van der Waals surface area contributed by atoms with Crippen LogP contribution in [-0.2, 0) is 6.54 Å². The molecule has 0 aliphatic rings. The topological polar surface area (TPSA) is 110 Å². The molecule has 118 valence electrons. The van der Waals surface area contributed by atoms with E-state index in [0.717, 1.165) is 12.0 Å². The minimum Gasteiger partial charge on any atom is -0.427 e. The summed E-state index contributed by atoms with van der Waals surface area (Å²) in [5, 5.41) is 30.0. The first-order valence-electron chi connectivity index (χ1n) is 7.18. The van der Waals surface area contributed by atoms with Crippen molar-refractivity contribution in [2.24, 2.45) is 5.73 Å². The smallest absolute Gasteiger partial charge is 0.427 e. The SMILES string of the molecule is NC(CCCCB(O)O)c1nnnn1Cc1ccc(Cl)cc1. The first-order chi connectivity index (χ1) is 10.6. The normalized spacial score (nSPS) is 12.4. The summed E-state index contributed by atoms with van der Waals surface area (Å²) in [4.78, 5) is 0. The molecular weight excluding hydrogens is 304 g/mol. The zero-order valence-corrected chi connectivity index (χ0v) is 12.9. The molecule has 2 aromatic rings. The molecule has 0 spiro atoms. The Balaban J connectivity index is 1.92. The van der Waals surface area contributed by atoms with Crippen LogP contribution in [0.15, 0.2) is 24.3 Å². The van der Waals surface area contributed by atoms with Crippen molar-refractivity contribution in [3.63, 3.8) is 0 Å². The highest BCUT2D eigenvalue weighted by molar-refractivity contribution is 6.40. The summed E-state index contributed by atoms with van der Waals surface area (Å²) >= 11 is 5.87. The molecule has 0 saturated carbocycles. The van der Waals surface area contributed by atoms with E-state index in [9.17, 15) is 0 Å². The lowest BCUT2D eigenvalue weighted by Gasteiger charge is -2.11. The van der Waals surface area contributed by atoms with E-state index >= 15 is 0 Å². The van der Waals surface area contributed by atoms with Gasteiger partial charge in [-0.1, -0.05) is 36.6 Å². The van der Waals surface area contributed by atoms with Crippen molar-refractivity contribution in [2.75, 3.05) is 0 Å². The molecule has 1 heterocycles. The van der Waals surface area contributed by atoms with Crippen LogP contribution in [0.4, 0.5) is 0 Å². The van der Waals surface area contributed by atoms with Gasteiger partial charge in [0.1, 0.15) is 0 Å². The number of rotatable bonds is 8. The number of aromatic nitrogens is 4. The number of halogens is 1. The third-order valence-corrected chi connectivity index (χ3v) is 3.62. The Bertz CT molecular complexity index is 578. The maximum Gasteiger partial charge on any atom is 0.451 e. The molecule has 0 radical (unpaired) electrons. The Labute approximate surface area is 134 Å². The molecule has 0 aliphatic carbocycles. The van der Waals surface area contributed by atoms with E-state index < -0.39 is 7.12 Å². The Kier molecular flexibility index (Phi) is 6.32. The highest BCUT2D eigenvalue weighted by Gasteiger charge is 2.15. The predicted molar refractivity (Wildman–Crippen MR) is 84.1 cm³/mol. The lowest BCUT2D eigenvalue weighted by atomic mass is 9.83. The highest BCUT2D eigenvalue weighted by atomic mass is 35.5. The van der Waals surface area contributed by atoms with E-state index in [0.29, 0.717) is 36.6 Å². The van der Waals surface area contributed by atoms with Gasteiger partial charge in [0.15, 0.2) is 5.82 Å². The van der Waals surface area contributed by atoms with Crippen LogP contribution in [0.5, 0.6) is 0 Å². The zero-order chi connectivity index (χ0) is 15.9. The van der Waals surface area contributed by atoms with Gasteiger partial charge in [0.25, 0.3) is 0 Å². The van der Waals surface area contributed by atoms with Crippen molar-refractivity contribution in [1.29, 1.82) is 0 Å². The minimum absolute atomic E-state index is 0.280. The van der Waals surface area contributed by atoms with Crippen molar-refractivity contribution >= 4 is 18.7 Å². The summed E-state index contributed by atoms with van der Waals surface area (Å²) in [7, 11) is -1.26. The van der Waals surface area contributed by atoms with Crippen LogP contribution in [-0.4, -0.2) is 37.4 Å². The van der Waals surface area contributed by atoms with Crippen LogP contribution in [0, 0.1) is 0 Å². The van der Waals surface area contributed by atoms with E-state index in [1.54, 1.807) is 4.68 Å². The fourth-order valence-electron chi connectivity index (χ4n) is 2.17. The average molecular weight is 324 g/mol. The predicted octanol–water partition coefficient (Wildman–Crippen LogP) is 1.02. The molecule has 1 aromatic carbocycles. The quantitative estimate of drug-likeness (QED) is 0.494. The number of hydrogen-bond donors (Lipinski definition) is 3. The molecule has 1 aromatic heterocycles. The maximum absolute atomic E-state index is 8.81. The highest BCUT2D eigenvalue weighted by Crippen LogP contribution is 2.16. The summed E-state index contributed by atoms with van der Waals surface area (Å²) in [5.41, 5.74) is 7.16. The van der Waals surface area contributed by atoms with Crippen molar-refractivity contribution in [3.8, 4) is 0 Å². The van der Waals surface area contributed by atoms with E-state index in [1.165, 1.54) is 0 Å². The van der Waals surface area contributed by atoms with Gasteiger partial charge in [-0.2, -0.15) is 0 Å². The molecule has 4 N–H and O–H groups in total. The number of tetrazole rings is 1. The van der Waals surface area contributed by atoms with Gasteiger partial charge in [0.2, 0.25) is 0 Å². The monoisotopic (exact) mass is 323 g/mol. The van der Waals surface area contributed by atoms with E-state index in [1.807, 2.05) is 24.3 Å². The Morgan fingerprint density at radius 1 is 1.23 bits per heavy atom. The van der Waals surface area contributed by atoms with Gasteiger partial charge < -0.3 is 15.8 Å². The van der Waals surface area contributed by atoms with Gasteiger partial charge in [0, 0.05) is 5.02 Å². The van der Waals surface area contributed by atoms with Crippen LogP contribution in [0.25, 0.3) is 0 Å². The Hall–Kier alpha value is -1.48. The molecule has 2 rings (SSSR count). The van der Waals surface area contributed by atoms with Crippen molar-refractivity contribution in [2.45, 2.75) is 38.2 Å². The lowest BCUT2D eigenvalue weighted by molar-refractivity contribution is 0.400.